The van der Waals surface area contributed by atoms with Gasteiger partial charge in [0.1, 0.15) is 11.6 Å². The van der Waals surface area contributed by atoms with Crippen molar-refractivity contribution in [3.8, 4) is 28.5 Å². The second-order valence-electron chi connectivity index (χ2n) is 7.30. The quantitative estimate of drug-likeness (QED) is 0.405. The molecule has 0 aliphatic heterocycles. The zero-order chi connectivity index (χ0) is 22.5. The molecule has 0 bridgehead atoms. The van der Waals surface area contributed by atoms with Crippen LogP contribution in [-0.4, -0.2) is 11.0 Å². The number of hydrogen-bond acceptors (Lipinski definition) is 3. The van der Waals surface area contributed by atoms with E-state index in [4.69, 9.17) is 0 Å². The van der Waals surface area contributed by atoms with Crippen LogP contribution in [0.4, 0.5) is 16.2 Å². The van der Waals surface area contributed by atoms with Crippen LogP contribution in [0.15, 0.2) is 89.7 Å². The fraction of sp³-hybridized carbons (Fsp3) is 0.0385. The summed E-state index contributed by atoms with van der Waals surface area (Å²) in [6, 6.07) is 27.4. The Balaban J connectivity index is 1.59. The number of nitrogens with one attached hydrogen (secondary N) is 3. The number of hydrogen-bond donors (Lipinski definition) is 3. The van der Waals surface area contributed by atoms with Crippen LogP contribution in [0.3, 0.4) is 0 Å². The zero-order valence-corrected chi connectivity index (χ0v) is 17.3. The van der Waals surface area contributed by atoms with Crippen molar-refractivity contribution >= 4 is 17.4 Å². The van der Waals surface area contributed by atoms with Crippen molar-refractivity contribution < 1.29 is 4.79 Å². The molecule has 0 radical (unpaired) electrons. The lowest BCUT2D eigenvalue weighted by atomic mass is 9.98. The Hall–Kier alpha value is -4.63. The molecule has 3 N–H and O–H groups in total. The van der Waals surface area contributed by atoms with Crippen LogP contribution in [-0.2, 0) is 0 Å². The normalized spacial score (nSPS) is 10.2. The molecular weight excluding hydrogens is 400 g/mol. The predicted octanol–water partition coefficient (Wildman–Crippen LogP) is 5.53. The van der Waals surface area contributed by atoms with Crippen LogP contribution in [0.1, 0.15) is 11.1 Å². The van der Waals surface area contributed by atoms with Crippen molar-refractivity contribution in [1.82, 2.24) is 4.98 Å². The first-order chi connectivity index (χ1) is 15.5. The number of carbonyl (C=O) groups is 1. The van der Waals surface area contributed by atoms with Gasteiger partial charge in [0, 0.05) is 22.6 Å². The fourth-order valence-corrected chi connectivity index (χ4v) is 3.34. The maximum atomic E-state index is 12.5. The number of aromatic amines is 1. The lowest BCUT2D eigenvalue weighted by molar-refractivity contribution is 0.262. The molecule has 4 rings (SSSR count). The molecule has 0 atom stereocenters. The number of anilines is 2. The minimum atomic E-state index is -0.440. The lowest BCUT2D eigenvalue weighted by Crippen LogP contribution is -2.19. The van der Waals surface area contributed by atoms with Gasteiger partial charge in [-0.3, -0.25) is 4.79 Å². The minimum absolute atomic E-state index is 0.0773. The first-order valence-corrected chi connectivity index (χ1v) is 10.0. The predicted molar refractivity (Wildman–Crippen MR) is 126 cm³/mol. The zero-order valence-electron chi connectivity index (χ0n) is 17.3. The third-order valence-corrected chi connectivity index (χ3v) is 4.99. The van der Waals surface area contributed by atoms with Gasteiger partial charge in [0.2, 0.25) is 0 Å². The summed E-state index contributed by atoms with van der Waals surface area (Å²) in [5, 5.41) is 15.0. The monoisotopic (exact) mass is 420 g/mol. The molecule has 0 aliphatic rings. The maximum absolute atomic E-state index is 12.5. The molecule has 2 amide bonds. The highest BCUT2D eigenvalue weighted by Crippen LogP contribution is 2.27. The highest BCUT2D eigenvalue weighted by Gasteiger charge is 2.13. The van der Waals surface area contributed by atoms with Gasteiger partial charge in [-0.25, -0.2) is 4.79 Å². The van der Waals surface area contributed by atoms with E-state index in [1.54, 1.807) is 42.5 Å². The first kappa shape index (κ1) is 20.6. The van der Waals surface area contributed by atoms with E-state index in [2.05, 4.69) is 15.6 Å². The average Bonchev–Trinajstić information content (AvgIpc) is 2.80. The molecule has 3 aromatic carbocycles. The number of pyridine rings is 1. The molecule has 0 saturated carbocycles. The summed E-state index contributed by atoms with van der Waals surface area (Å²) in [5.74, 6) is 0. The standard InChI is InChI=1S/C26H20N4O2/c1-17-7-9-18(10-8-17)22-15-24(30-25(31)23(22)16-27)19-11-13-21(14-12-19)29-26(32)28-20-5-3-2-4-6-20/h2-15H,1H3,(H,30,31)(H2,28,29,32). The van der Waals surface area contributed by atoms with Crippen LogP contribution in [0, 0.1) is 18.3 Å². The summed E-state index contributed by atoms with van der Waals surface area (Å²) in [4.78, 5) is 27.5. The Morgan fingerprint density at radius 2 is 1.44 bits per heavy atom. The molecule has 1 aromatic heterocycles. The van der Waals surface area contributed by atoms with Crippen molar-refractivity contribution in [2.24, 2.45) is 0 Å². The van der Waals surface area contributed by atoms with Crippen molar-refractivity contribution in [2.75, 3.05) is 10.6 Å². The number of para-hydroxylation sites is 1. The molecule has 0 spiro atoms. The Morgan fingerprint density at radius 1 is 0.844 bits per heavy atom. The van der Waals surface area contributed by atoms with Gasteiger partial charge in [0.05, 0.1) is 0 Å². The number of aromatic nitrogens is 1. The smallest absolute Gasteiger partial charge is 0.321 e. The van der Waals surface area contributed by atoms with E-state index in [0.717, 1.165) is 16.7 Å². The summed E-state index contributed by atoms with van der Waals surface area (Å²) in [6.07, 6.45) is 0. The maximum Gasteiger partial charge on any atom is 0.323 e. The Labute approximate surface area is 185 Å². The molecular formula is C26H20N4O2. The van der Waals surface area contributed by atoms with Gasteiger partial charge in [0.25, 0.3) is 5.56 Å². The van der Waals surface area contributed by atoms with Crippen molar-refractivity contribution in [2.45, 2.75) is 6.92 Å². The molecule has 1 heterocycles. The van der Waals surface area contributed by atoms with E-state index >= 15 is 0 Å². The number of benzene rings is 3. The summed E-state index contributed by atoms with van der Waals surface area (Å²) in [7, 11) is 0. The van der Waals surface area contributed by atoms with Gasteiger partial charge >= 0.3 is 6.03 Å². The third-order valence-electron chi connectivity index (χ3n) is 4.99. The van der Waals surface area contributed by atoms with Gasteiger partial charge in [-0.15, -0.1) is 0 Å². The SMILES string of the molecule is Cc1ccc(-c2cc(-c3ccc(NC(=O)Nc4ccccc4)cc3)[nH]c(=O)c2C#N)cc1. The number of rotatable bonds is 4. The third kappa shape index (κ3) is 4.58. The van der Waals surface area contributed by atoms with E-state index in [1.165, 1.54) is 0 Å². The van der Waals surface area contributed by atoms with E-state index in [1.807, 2.05) is 55.5 Å². The Kier molecular flexibility index (Phi) is 5.82. The average molecular weight is 420 g/mol. The van der Waals surface area contributed by atoms with Gasteiger partial charge in [-0.1, -0.05) is 60.2 Å². The summed E-state index contributed by atoms with van der Waals surface area (Å²) >= 11 is 0. The fourth-order valence-electron chi connectivity index (χ4n) is 3.34. The van der Waals surface area contributed by atoms with E-state index in [-0.39, 0.29) is 11.6 Å². The Bertz CT molecular complexity index is 1350. The second kappa shape index (κ2) is 9.02. The molecule has 156 valence electrons. The largest absolute Gasteiger partial charge is 0.323 e. The molecule has 0 saturated heterocycles. The van der Waals surface area contributed by atoms with Gasteiger partial charge in [-0.05, 0) is 48.4 Å². The molecule has 0 unspecified atom stereocenters. The molecule has 4 aromatic rings. The van der Waals surface area contributed by atoms with Crippen LogP contribution in [0.5, 0.6) is 0 Å². The molecule has 0 fully saturated rings. The molecule has 0 aliphatic carbocycles. The topological polar surface area (TPSA) is 97.8 Å². The first-order valence-electron chi connectivity index (χ1n) is 10.0. The second-order valence-corrected chi connectivity index (χ2v) is 7.30. The van der Waals surface area contributed by atoms with Crippen molar-refractivity contribution in [3.63, 3.8) is 0 Å². The van der Waals surface area contributed by atoms with Crippen LogP contribution >= 0.6 is 0 Å². The summed E-state index contributed by atoms with van der Waals surface area (Å²) < 4.78 is 0. The molecule has 32 heavy (non-hydrogen) atoms. The van der Waals surface area contributed by atoms with Crippen LogP contribution in [0.2, 0.25) is 0 Å². The van der Waals surface area contributed by atoms with E-state index in [0.29, 0.717) is 22.6 Å². The highest BCUT2D eigenvalue weighted by atomic mass is 16.2. The number of carbonyl (C=O) groups excluding carboxylic acids is 1. The van der Waals surface area contributed by atoms with Crippen molar-refractivity contribution in [1.29, 1.82) is 5.26 Å². The number of nitrogens with zero attached hydrogens (tertiary/aromatic N) is 1. The highest BCUT2D eigenvalue weighted by molar-refractivity contribution is 5.99. The van der Waals surface area contributed by atoms with Gasteiger partial charge < -0.3 is 15.6 Å². The number of H-pyrrole nitrogens is 1. The number of urea groups is 1. The van der Waals surface area contributed by atoms with E-state index in [9.17, 15) is 14.9 Å². The van der Waals surface area contributed by atoms with Gasteiger partial charge in [-0.2, -0.15) is 5.26 Å². The lowest BCUT2D eigenvalue weighted by Gasteiger charge is -2.10. The summed E-state index contributed by atoms with van der Waals surface area (Å²) in [5.41, 5.74) is 4.76. The molecule has 6 heteroatoms. The van der Waals surface area contributed by atoms with Crippen LogP contribution in [0.25, 0.3) is 22.4 Å². The van der Waals surface area contributed by atoms with E-state index < -0.39 is 5.56 Å². The molecule has 6 nitrogen and oxygen atoms in total. The minimum Gasteiger partial charge on any atom is -0.321 e. The van der Waals surface area contributed by atoms with Crippen LogP contribution < -0.4 is 16.2 Å². The summed E-state index contributed by atoms with van der Waals surface area (Å²) in [6.45, 7) is 1.98. The van der Waals surface area contributed by atoms with Crippen molar-refractivity contribution in [3.05, 3.63) is 106 Å². The Morgan fingerprint density at radius 3 is 2.06 bits per heavy atom. The van der Waals surface area contributed by atoms with Gasteiger partial charge in [0.15, 0.2) is 0 Å². The number of aryl methyl sites for hydroxylation is 1. The number of amides is 2. The number of nitriles is 1.